The van der Waals surface area contributed by atoms with Gasteiger partial charge in [0.15, 0.2) is 0 Å². The molecule has 1 fully saturated rings. The molecule has 0 aromatic heterocycles. The average molecular weight is 242 g/mol. The molecule has 1 heterocycles. The minimum atomic E-state index is -1.09. The number of carboxylic acid groups (broad SMARTS) is 1. The maximum absolute atomic E-state index is 11.9. The first kappa shape index (κ1) is 13.5. The van der Waals surface area contributed by atoms with Gasteiger partial charge in [0.25, 0.3) is 0 Å². The van der Waals surface area contributed by atoms with Gasteiger partial charge in [0.1, 0.15) is 12.6 Å². The third kappa shape index (κ3) is 3.44. The lowest BCUT2D eigenvalue weighted by Gasteiger charge is -2.29. The van der Waals surface area contributed by atoms with Crippen LogP contribution in [0.5, 0.6) is 0 Å². The lowest BCUT2D eigenvalue weighted by molar-refractivity contribution is -0.141. The number of aliphatic carboxylic acids is 1. The van der Waals surface area contributed by atoms with E-state index in [1.807, 2.05) is 13.8 Å². The number of nitrogens with zero attached hydrogens (tertiary/aromatic N) is 1. The van der Waals surface area contributed by atoms with Crippen LogP contribution in [0.3, 0.4) is 0 Å². The molecule has 2 amide bonds. The van der Waals surface area contributed by atoms with Gasteiger partial charge in [0, 0.05) is 13.0 Å². The summed E-state index contributed by atoms with van der Waals surface area (Å²) in [5.41, 5.74) is 0. The summed E-state index contributed by atoms with van der Waals surface area (Å²) in [6.07, 6.45) is 1.23. The highest BCUT2D eigenvalue weighted by Gasteiger charge is 2.34. The van der Waals surface area contributed by atoms with E-state index < -0.39 is 24.5 Å². The molecule has 2 N–H and O–H groups in total. The molecule has 0 unspecified atom stereocenters. The van der Waals surface area contributed by atoms with Crippen molar-refractivity contribution in [3.05, 3.63) is 0 Å². The van der Waals surface area contributed by atoms with Crippen molar-refractivity contribution in [3.8, 4) is 0 Å². The quantitative estimate of drug-likeness (QED) is 0.701. The zero-order valence-corrected chi connectivity index (χ0v) is 10.1. The predicted octanol–water partition coefficient (Wildman–Crippen LogP) is -0.166. The molecule has 96 valence electrons. The van der Waals surface area contributed by atoms with E-state index in [1.165, 1.54) is 0 Å². The number of likely N-dealkylation sites (tertiary alicyclic amines) is 1. The average Bonchev–Trinajstić information content (AvgIpc) is 2.62. The Kier molecular flexibility index (Phi) is 4.48. The van der Waals surface area contributed by atoms with E-state index in [9.17, 15) is 14.4 Å². The molecule has 17 heavy (non-hydrogen) atoms. The number of carbonyl (C=O) groups is 3. The Morgan fingerprint density at radius 3 is 2.53 bits per heavy atom. The van der Waals surface area contributed by atoms with Crippen LogP contribution in [0.2, 0.25) is 0 Å². The first-order valence-electron chi connectivity index (χ1n) is 5.72. The molecule has 1 aliphatic rings. The van der Waals surface area contributed by atoms with Crippen LogP contribution in [0.1, 0.15) is 26.7 Å². The second-order valence-electron chi connectivity index (χ2n) is 4.49. The van der Waals surface area contributed by atoms with Gasteiger partial charge in [-0.1, -0.05) is 13.8 Å². The molecule has 0 aliphatic carbocycles. The van der Waals surface area contributed by atoms with Gasteiger partial charge in [-0.2, -0.15) is 0 Å². The van der Waals surface area contributed by atoms with Crippen molar-refractivity contribution in [1.82, 2.24) is 10.2 Å². The van der Waals surface area contributed by atoms with E-state index in [2.05, 4.69) is 5.32 Å². The van der Waals surface area contributed by atoms with Gasteiger partial charge < -0.3 is 15.3 Å². The summed E-state index contributed by atoms with van der Waals surface area (Å²) in [5, 5.41) is 10.8. The summed E-state index contributed by atoms with van der Waals surface area (Å²) in [5.74, 6) is -1.55. The topological polar surface area (TPSA) is 86.7 Å². The van der Waals surface area contributed by atoms with Gasteiger partial charge in [-0.3, -0.25) is 14.4 Å². The fourth-order valence-corrected chi connectivity index (χ4v) is 2.03. The van der Waals surface area contributed by atoms with Crippen molar-refractivity contribution in [3.63, 3.8) is 0 Å². The van der Waals surface area contributed by atoms with Crippen molar-refractivity contribution in [2.75, 3.05) is 13.1 Å². The van der Waals surface area contributed by atoms with Gasteiger partial charge in [-0.25, -0.2) is 0 Å². The standard InChI is InChI=1S/C11H18N2O4/c1-7(2)10(11(17)12-6-9(15)16)13-5-3-4-8(13)14/h7,10H,3-6H2,1-2H3,(H,12,17)(H,15,16)/t10-/m1/s1. The molecular weight excluding hydrogens is 224 g/mol. The fraction of sp³-hybridized carbons (Fsp3) is 0.727. The maximum Gasteiger partial charge on any atom is 0.322 e. The fourth-order valence-electron chi connectivity index (χ4n) is 2.03. The number of hydrogen-bond acceptors (Lipinski definition) is 3. The first-order valence-corrected chi connectivity index (χ1v) is 5.72. The van der Waals surface area contributed by atoms with Crippen LogP contribution in [-0.4, -0.2) is 46.9 Å². The van der Waals surface area contributed by atoms with Gasteiger partial charge in [0.2, 0.25) is 11.8 Å². The van der Waals surface area contributed by atoms with Crippen LogP contribution in [0, 0.1) is 5.92 Å². The summed E-state index contributed by atoms with van der Waals surface area (Å²) in [7, 11) is 0. The zero-order valence-electron chi connectivity index (χ0n) is 10.1. The van der Waals surface area contributed by atoms with E-state index in [0.29, 0.717) is 13.0 Å². The van der Waals surface area contributed by atoms with Crippen molar-refractivity contribution in [2.24, 2.45) is 5.92 Å². The molecule has 1 atom stereocenters. The normalized spacial score (nSPS) is 17.4. The van der Waals surface area contributed by atoms with Gasteiger partial charge >= 0.3 is 5.97 Å². The Hall–Kier alpha value is -1.59. The maximum atomic E-state index is 11.9. The minimum Gasteiger partial charge on any atom is -0.480 e. The Morgan fingerprint density at radius 2 is 2.12 bits per heavy atom. The van der Waals surface area contributed by atoms with Crippen LogP contribution in [-0.2, 0) is 14.4 Å². The Bertz CT molecular complexity index is 327. The largest absolute Gasteiger partial charge is 0.480 e. The number of amides is 2. The molecule has 1 rings (SSSR count). The minimum absolute atomic E-state index is 0.0332. The van der Waals surface area contributed by atoms with E-state index >= 15 is 0 Å². The Labute approximate surface area is 100.0 Å². The zero-order chi connectivity index (χ0) is 13.0. The smallest absolute Gasteiger partial charge is 0.322 e. The highest BCUT2D eigenvalue weighted by Crippen LogP contribution is 2.19. The second-order valence-corrected chi connectivity index (χ2v) is 4.49. The SMILES string of the molecule is CC(C)[C@H](C(=O)NCC(=O)O)N1CCCC1=O. The molecule has 1 saturated heterocycles. The molecule has 1 aliphatic heterocycles. The van der Waals surface area contributed by atoms with Crippen molar-refractivity contribution >= 4 is 17.8 Å². The predicted molar refractivity (Wildman–Crippen MR) is 60.2 cm³/mol. The molecule has 0 bridgehead atoms. The third-order valence-corrected chi connectivity index (χ3v) is 2.76. The van der Waals surface area contributed by atoms with Gasteiger partial charge in [-0.15, -0.1) is 0 Å². The van der Waals surface area contributed by atoms with E-state index in [4.69, 9.17) is 5.11 Å². The highest BCUT2D eigenvalue weighted by atomic mass is 16.4. The Balaban J connectivity index is 2.68. The van der Waals surface area contributed by atoms with Crippen LogP contribution in [0.15, 0.2) is 0 Å². The number of rotatable bonds is 5. The first-order chi connectivity index (χ1) is 7.93. The number of carbonyl (C=O) groups excluding carboxylic acids is 2. The van der Waals surface area contributed by atoms with Gasteiger partial charge in [0.05, 0.1) is 0 Å². The summed E-state index contributed by atoms with van der Waals surface area (Å²) in [6.45, 7) is 3.85. The Morgan fingerprint density at radius 1 is 1.47 bits per heavy atom. The molecule has 0 aromatic carbocycles. The molecule has 6 nitrogen and oxygen atoms in total. The monoisotopic (exact) mass is 242 g/mol. The highest BCUT2D eigenvalue weighted by molar-refractivity contribution is 5.90. The van der Waals surface area contributed by atoms with Crippen LogP contribution in [0.25, 0.3) is 0 Å². The van der Waals surface area contributed by atoms with E-state index in [1.54, 1.807) is 4.90 Å². The lowest BCUT2D eigenvalue weighted by Crippen LogP contribution is -2.51. The summed E-state index contributed by atoms with van der Waals surface area (Å²) < 4.78 is 0. The summed E-state index contributed by atoms with van der Waals surface area (Å²) >= 11 is 0. The third-order valence-electron chi connectivity index (χ3n) is 2.76. The van der Waals surface area contributed by atoms with Crippen molar-refractivity contribution < 1.29 is 19.5 Å². The van der Waals surface area contributed by atoms with Crippen molar-refractivity contribution in [2.45, 2.75) is 32.7 Å². The number of carboxylic acids is 1. The molecule has 6 heteroatoms. The molecule has 0 radical (unpaired) electrons. The van der Waals surface area contributed by atoms with Crippen LogP contribution < -0.4 is 5.32 Å². The second kappa shape index (κ2) is 5.65. The lowest BCUT2D eigenvalue weighted by atomic mass is 10.0. The van der Waals surface area contributed by atoms with Crippen molar-refractivity contribution in [1.29, 1.82) is 0 Å². The molecule has 0 spiro atoms. The van der Waals surface area contributed by atoms with Crippen LogP contribution in [0.4, 0.5) is 0 Å². The molecule has 0 aromatic rings. The molecule has 0 saturated carbocycles. The summed E-state index contributed by atoms with van der Waals surface area (Å²) in [6, 6.07) is -0.565. The number of hydrogen-bond donors (Lipinski definition) is 2. The van der Waals surface area contributed by atoms with Gasteiger partial charge in [-0.05, 0) is 12.3 Å². The van der Waals surface area contributed by atoms with Crippen LogP contribution >= 0.6 is 0 Å². The molecular formula is C11H18N2O4. The van der Waals surface area contributed by atoms with E-state index in [-0.39, 0.29) is 11.8 Å². The number of nitrogens with one attached hydrogen (secondary N) is 1. The van der Waals surface area contributed by atoms with E-state index in [0.717, 1.165) is 6.42 Å². The summed E-state index contributed by atoms with van der Waals surface area (Å²) in [4.78, 5) is 35.4.